The fourth-order valence-electron chi connectivity index (χ4n) is 8.81. The molecule has 0 aliphatic heterocycles. The van der Waals surface area contributed by atoms with Crippen LogP contribution in [0.15, 0.2) is 186 Å². The highest BCUT2D eigenvalue weighted by molar-refractivity contribution is 6.09. The van der Waals surface area contributed by atoms with Crippen molar-refractivity contribution in [2.24, 2.45) is 7.05 Å². The maximum Gasteiger partial charge on any atom is 0.136 e. The number of aromatic hydroxyl groups is 1. The van der Waals surface area contributed by atoms with Crippen LogP contribution in [0.1, 0.15) is 5.69 Å². The van der Waals surface area contributed by atoms with Gasteiger partial charge >= 0.3 is 0 Å². The average molecular weight is 760 g/mol. The minimum Gasteiger partial charge on any atom is -0.507 e. The molecule has 4 heterocycles. The Bertz CT molecular complexity index is 3430. The van der Waals surface area contributed by atoms with Crippen LogP contribution in [-0.4, -0.2) is 19.6 Å². The summed E-state index contributed by atoms with van der Waals surface area (Å²) in [6, 6.07) is 62.6. The number of aromatic nitrogens is 3. The van der Waals surface area contributed by atoms with Crippen LogP contribution in [0.2, 0.25) is 0 Å². The number of rotatable bonds is 6. The smallest absolute Gasteiger partial charge is 0.136 e. The Morgan fingerprint density at radius 3 is 1.83 bits per heavy atom. The van der Waals surface area contributed by atoms with Crippen molar-refractivity contribution in [3.63, 3.8) is 0 Å². The lowest BCUT2D eigenvalue weighted by atomic mass is 9.97. The highest BCUT2D eigenvalue weighted by Gasteiger charge is 2.20. The quantitative estimate of drug-likeness (QED) is 0.183. The molecule has 280 valence electrons. The Morgan fingerprint density at radius 2 is 1.03 bits per heavy atom. The van der Waals surface area contributed by atoms with Crippen molar-refractivity contribution in [3.8, 4) is 73.2 Å². The monoisotopic (exact) mass is 759 g/mol. The molecular weight excluding hydrogens is 723 g/mol. The third kappa shape index (κ3) is 5.86. The molecule has 0 radical (unpaired) electrons. The van der Waals surface area contributed by atoms with E-state index in [1.807, 2.05) is 66.7 Å². The van der Waals surface area contributed by atoms with Crippen LogP contribution in [0.4, 0.5) is 0 Å². The molecule has 0 unspecified atom stereocenters. The van der Waals surface area contributed by atoms with E-state index in [9.17, 15) is 5.11 Å². The second-order valence-electron chi connectivity index (χ2n) is 15.2. The van der Waals surface area contributed by atoms with Gasteiger partial charge in [-0.25, -0.2) is 4.98 Å². The first-order valence-electron chi connectivity index (χ1n) is 19.8. The third-order valence-corrected chi connectivity index (χ3v) is 11.6. The first kappa shape index (κ1) is 34.5. The predicted molar refractivity (Wildman–Crippen MR) is 242 cm³/mol. The van der Waals surface area contributed by atoms with Crippen molar-refractivity contribution >= 4 is 43.5 Å². The summed E-state index contributed by atoms with van der Waals surface area (Å²) in [5.41, 5.74) is 14.3. The van der Waals surface area contributed by atoms with Gasteiger partial charge in [0.25, 0.3) is 0 Å². The fourth-order valence-corrected chi connectivity index (χ4v) is 8.81. The number of hydrogen-bond donors (Lipinski definition) is 1. The topological polar surface area (TPSA) is 64.1 Å². The predicted octanol–water partition coefficient (Wildman–Crippen LogP) is 14.0. The highest BCUT2D eigenvalue weighted by Crippen LogP contribution is 2.42. The van der Waals surface area contributed by atoms with Gasteiger partial charge in [0, 0.05) is 67.5 Å². The van der Waals surface area contributed by atoms with Crippen LogP contribution in [0, 0.1) is 6.92 Å². The number of aryl methyl sites for hydroxylation is 1. The lowest BCUT2D eigenvalue weighted by Crippen LogP contribution is -1.97. The summed E-state index contributed by atoms with van der Waals surface area (Å²) in [5, 5.41) is 17.9. The van der Waals surface area contributed by atoms with Crippen LogP contribution in [0.5, 0.6) is 5.75 Å². The van der Waals surface area contributed by atoms with Crippen molar-refractivity contribution in [1.82, 2.24) is 14.5 Å². The molecule has 0 fully saturated rings. The van der Waals surface area contributed by atoms with Crippen LogP contribution in [0.3, 0.4) is 0 Å². The zero-order valence-corrected chi connectivity index (χ0v) is 32.5. The lowest BCUT2D eigenvalue weighted by molar-refractivity contribution is 0.483. The maximum absolute atomic E-state index is 11.5. The summed E-state index contributed by atoms with van der Waals surface area (Å²) in [6.07, 6.45) is 0. The first-order valence-corrected chi connectivity index (χ1v) is 19.8. The van der Waals surface area contributed by atoms with Crippen molar-refractivity contribution in [1.29, 1.82) is 0 Å². The number of nitrogens with zero attached hydrogens (tertiary/aromatic N) is 3. The molecule has 11 aromatic rings. The van der Waals surface area contributed by atoms with E-state index in [2.05, 4.69) is 134 Å². The summed E-state index contributed by atoms with van der Waals surface area (Å²) in [7, 11) is 2.15. The summed E-state index contributed by atoms with van der Waals surface area (Å²) in [6.45, 7) is 2.06. The molecule has 59 heavy (non-hydrogen) atoms. The maximum atomic E-state index is 11.5. The van der Waals surface area contributed by atoms with Gasteiger partial charge < -0.3 is 14.1 Å². The van der Waals surface area contributed by atoms with Gasteiger partial charge in [0.2, 0.25) is 0 Å². The number of para-hydroxylation sites is 1. The van der Waals surface area contributed by atoms with Gasteiger partial charge in [-0.15, -0.1) is 0 Å². The Kier molecular flexibility index (Phi) is 8.02. The number of pyridine rings is 2. The van der Waals surface area contributed by atoms with Gasteiger partial charge in [-0.05, 0) is 78.0 Å². The van der Waals surface area contributed by atoms with E-state index in [0.717, 1.165) is 94.6 Å². The normalized spacial score (nSPS) is 11.6. The number of phenols is 1. The largest absolute Gasteiger partial charge is 0.507 e. The van der Waals surface area contributed by atoms with Crippen LogP contribution < -0.4 is 0 Å². The Labute approximate surface area is 341 Å². The standard InChI is InChI=1S/C54H37N3O2/c1-33-27-40(53-45-21-9-8-20-44(45)52(57(53)2)38-24-25-43-42-19-10-11-22-50(42)59-51(43)32-38)31-47(55-33)36-16-12-17-37(28-36)48-29-39(34-13-4-3-5-14-34)30-49(56-48)46-26-23-35-15-6-7-18-41(35)54(46)58/h3-32,58H,1-2H3. The molecule has 11 rings (SSSR count). The Morgan fingerprint density at radius 1 is 0.424 bits per heavy atom. The number of phenolic OH excluding ortho intramolecular Hbond substituents is 1. The molecule has 0 saturated heterocycles. The van der Waals surface area contributed by atoms with E-state index in [1.165, 1.54) is 10.8 Å². The lowest BCUT2D eigenvalue weighted by Gasteiger charge is -2.14. The molecule has 7 aromatic carbocycles. The third-order valence-electron chi connectivity index (χ3n) is 11.6. The van der Waals surface area contributed by atoms with Gasteiger partial charge in [-0.3, -0.25) is 4.98 Å². The second kappa shape index (κ2) is 13.7. The molecule has 5 heteroatoms. The number of fused-ring (bicyclic) bond motifs is 5. The van der Waals surface area contributed by atoms with Crippen molar-refractivity contribution < 1.29 is 9.52 Å². The molecule has 0 aliphatic carbocycles. The highest BCUT2D eigenvalue weighted by atomic mass is 16.3. The van der Waals surface area contributed by atoms with E-state index in [0.29, 0.717) is 11.3 Å². The fraction of sp³-hybridized carbons (Fsp3) is 0.0370. The van der Waals surface area contributed by atoms with E-state index >= 15 is 0 Å². The molecule has 0 spiro atoms. The number of hydrogen-bond acceptors (Lipinski definition) is 4. The molecule has 5 nitrogen and oxygen atoms in total. The van der Waals surface area contributed by atoms with Gasteiger partial charge in [-0.1, -0.05) is 127 Å². The van der Waals surface area contributed by atoms with E-state index in [4.69, 9.17) is 14.4 Å². The van der Waals surface area contributed by atoms with E-state index in [1.54, 1.807) is 0 Å². The molecular formula is C54H37N3O2. The minimum atomic E-state index is 0.225. The molecule has 0 saturated carbocycles. The molecule has 1 N–H and O–H groups in total. The Hall–Kier alpha value is -7.76. The van der Waals surface area contributed by atoms with Crippen molar-refractivity contribution in [2.75, 3.05) is 0 Å². The van der Waals surface area contributed by atoms with Gasteiger partial charge in [0.05, 0.1) is 28.5 Å². The van der Waals surface area contributed by atoms with E-state index < -0.39 is 0 Å². The summed E-state index contributed by atoms with van der Waals surface area (Å²) < 4.78 is 8.64. The summed E-state index contributed by atoms with van der Waals surface area (Å²) in [4.78, 5) is 10.3. The first-order chi connectivity index (χ1) is 29.0. The van der Waals surface area contributed by atoms with Crippen LogP contribution >= 0.6 is 0 Å². The summed E-state index contributed by atoms with van der Waals surface area (Å²) in [5.74, 6) is 0.225. The minimum absolute atomic E-state index is 0.225. The van der Waals surface area contributed by atoms with Crippen LogP contribution in [0.25, 0.3) is 111 Å². The van der Waals surface area contributed by atoms with E-state index in [-0.39, 0.29) is 5.75 Å². The average Bonchev–Trinajstić information content (AvgIpc) is 3.80. The summed E-state index contributed by atoms with van der Waals surface area (Å²) >= 11 is 0. The molecule has 0 atom stereocenters. The SMILES string of the molecule is Cc1cc(-c2c3ccccc3c(-c3ccc4c(c3)oc3ccccc34)n2C)cc(-c2cccc(-c3cc(-c4ccccc4)cc(-c4ccc5ccccc5c4O)n3)c2)n1. The molecule has 0 amide bonds. The number of furan rings is 1. The zero-order valence-electron chi connectivity index (χ0n) is 32.5. The second-order valence-corrected chi connectivity index (χ2v) is 15.2. The van der Waals surface area contributed by atoms with Gasteiger partial charge in [-0.2, -0.15) is 0 Å². The number of benzene rings is 7. The van der Waals surface area contributed by atoms with Gasteiger partial charge in [0.15, 0.2) is 0 Å². The molecule has 0 aliphatic rings. The van der Waals surface area contributed by atoms with Crippen LogP contribution in [-0.2, 0) is 7.05 Å². The molecule has 0 bridgehead atoms. The van der Waals surface area contributed by atoms with Crippen molar-refractivity contribution in [2.45, 2.75) is 6.92 Å². The van der Waals surface area contributed by atoms with Gasteiger partial charge in [0.1, 0.15) is 16.9 Å². The van der Waals surface area contributed by atoms with Crippen molar-refractivity contribution in [3.05, 3.63) is 188 Å². The zero-order chi connectivity index (χ0) is 39.6. The molecule has 4 aromatic heterocycles. The Balaban J connectivity index is 1.03.